The van der Waals surface area contributed by atoms with E-state index < -0.39 is 11.8 Å². The topological polar surface area (TPSA) is 46.5 Å². The van der Waals surface area contributed by atoms with Crippen LogP contribution in [0.15, 0.2) is 42.5 Å². The highest BCUT2D eigenvalue weighted by Crippen LogP contribution is 2.25. The Kier molecular flexibility index (Phi) is 3.80. The van der Waals surface area contributed by atoms with E-state index in [1.807, 2.05) is 6.92 Å². The molecule has 1 N–H and O–H groups in total. The van der Waals surface area contributed by atoms with Gasteiger partial charge in [0.15, 0.2) is 0 Å². The van der Waals surface area contributed by atoms with Gasteiger partial charge >= 0.3 is 5.97 Å². The van der Waals surface area contributed by atoms with Crippen LogP contribution in [0.4, 0.5) is 4.39 Å². The normalized spacial score (nSPS) is 10.2. The summed E-state index contributed by atoms with van der Waals surface area (Å²) in [5, 5.41) is 8.78. The van der Waals surface area contributed by atoms with E-state index in [-0.39, 0.29) is 5.56 Å². The monoisotopic (exact) mass is 260 g/mol. The number of ether oxygens (including phenoxy) is 1. The van der Waals surface area contributed by atoms with E-state index >= 15 is 0 Å². The molecular weight excluding hydrogens is 247 g/mol. The van der Waals surface area contributed by atoms with Crippen LogP contribution in [0.1, 0.15) is 17.3 Å². The Morgan fingerprint density at radius 3 is 2.42 bits per heavy atom. The second kappa shape index (κ2) is 5.52. The highest BCUT2D eigenvalue weighted by molar-refractivity contribution is 5.88. The first-order chi connectivity index (χ1) is 9.11. The van der Waals surface area contributed by atoms with Gasteiger partial charge in [-0.05, 0) is 36.8 Å². The fraction of sp³-hybridized carbons (Fsp3) is 0.133. The molecule has 0 bridgehead atoms. The summed E-state index contributed by atoms with van der Waals surface area (Å²) >= 11 is 0. The van der Waals surface area contributed by atoms with Gasteiger partial charge in [0.1, 0.15) is 11.6 Å². The SMILES string of the molecule is CCOc1ccc(-c2ccc(C(=O)O)cc2F)cc1. The first-order valence-corrected chi connectivity index (χ1v) is 5.88. The highest BCUT2D eigenvalue weighted by atomic mass is 19.1. The summed E-state index contributed by atoms with van der Waals surface area (Å²) in [5.74, 6) is -0.977. The van der Waals surface area contributed by atoms with Gasteiger partial charge < -0.3 is 9.84 Å². The van der Waals surface area contributed by atoms with E-state index in [0.717, 1.165) is 6.07 Å². The van der Waals surface area contributed by atoms with Gasteiger partial charge in [0, 0.05) is 5.56 Å². The van der Waals surface area contributed by atoms with Gasteiger partial charge in [-0.15, -0.1) is 0 Å². The van der Waals surface area contributed by atoms with Crippen LogP contribution in [0.2, 0.25) is 0 Å². The van der Waals surface area contributed by atoms with E-state index in [0.29, 0.717) is 23.5 Å². The van der Waals surface area contributed by atoms with Crippen molar-refractivity contribution in [2.75, 3.05) is 6.61 Å². The average molecular weight is 260 g/mol. The fourth-order valence-corrected chi connectivity index (χ4v) is 1.78. The van der Waals surface area contributed by atoms with Gasteiger partial charge in [-0.1, -0.05) is 18.2 Å². The number of rotatable bonds is 4. The average Bonchev–Trinajstić information content (AvgIpc) is 2.40. The van der Waals surface area contributed by atoms with Crippen molar-refractivity contribution in [3.05, 3.63) is 53.8 Å². The van der Waals surface area contributed by atoms with Crippen LogP contribution in [0.3, 0.4) is 0 Å². The molecule has 0 heterocycles. The Balaban J connectivity index is 2.33. The predicted octanol–water partition coefficient (Wildman–Crippen LogP) is 3.59. The second-order valence-electron chi connectivity index (χ2n) is 3.96. The van der Waals surface area contributed by atoms with Crippen molar-refractivity contribution in [2.24, 2.45) is 0 Å². The number of aromatic carboxylic acids is 1. The van der Waals surface area contributed by atoms with E-state index in [9.17, 15) is 9.18 Å². The largest absolute Gasteiger partial charge is 0.494 e. The Bertz CT molecular complexity index is 591. The molecule has 2 rings (SSSR count). The summed E-state index contributed by atoms with van der Waals surface area (Å²) in [6, 6.07) is 10.9. The standard InChI is InChI=1S/C15H13FO3/c1-2-19-12-6-3-10(4-7-12)13-8-5-11(15(17)18)9-14(13)16/h3-9H,2H2,1H3,(H,17,18). The second-order valence-corrected chi connectivity index (χ2v) is 3.96. The van der Waals surface area contributed by atoms with Gasteiger partial charge in [0.05, 0.1) is 12.2 Å². The van der Waals surface area contributed by atoms with Crippen LogP contribution in [0, 0.1) is 5.82 Å². The number of hydrogen-bond donors (Lipinski definition) is 1. The molecule has 98 valence electrons. The number of carbonyl (C=O) groups is 1. The molecule has 3 nitrogen and oxygen atoms in total. The number of halogens is 1. The minimum absolute atomic E-state index is 0.0628. The van der Waals surface area contributed by atoms with Crippen LogP contribution in [-0.2, 0) is 0 Å². The minimum Gasteiger partial charge on any atom is -0.494 e. The third-order valence-electron chi connectivity index (χ3n) is 2.69. The van der Waals surface area contributed by atoms with Crippen molar-refractivity contribution in [1.29, 1.82) is 0 Å². The van der Waals surface area contributed by atoms with Crippen molar-refractivity contribution in [3.8, 4) is 16.9 Å². The minimum atomic E-state index is -1.14. The van der Waals surface area contributed by atoms with Gasteiger partial charge in [-0.3, -0.25) is 0 Å². The van der Waals surface area contributed by atoms with Crippen LogP contribution >= 0.6 is 0 Å². The Morgan fingerprint density at radius 2 is 1.89 bits per heavy atom. The van der Waals surface area contributed by atoms with Gasteiger partial charge in [-0.2, -0.15) is 0 Å². The maximum atomic E-state index is 13.9. The van der Waals surface area contributed by atoms with E-state index in [4.69, 9.17) is 9.84 Å². The summed E-state index contributed by atoms with van der Waals surface area (Å²) in [6.45, 7) is 2.46. The first kappa shape index (κ1) is 13.1. The fourth-order valence-electron chi connectivity index (χ4n) is 1.78. The molecule has 0 saturated carbocycles. The number of carboxylic acids is 1. The molecule has 2 aromatic carbocycles. The smallest absolute Gasteiger partial charge is 0.335 e. The molecule has 0 aliphatic carbocycles. The van der Waals surface area contributed by atoms with Crippen LogP contribution in [0.5, 0.6) is 5.75 Å². The molecule has 0 unspecified atom stereocenters. The zero-order valence-corrected chi connectivity index (χ0v) is 10.4. The summed E-state index contributed by atoms with van der Waals surface area (Å²) in [6.07, 6.45) is 0. The van der Waals surface area contributed by atoms with Gasteiger partial charge in [-0.25, -0.2) is 9.18 Å². The van der Waals surface area contributed by atoms with Crippen molar-refractivity contribution in [2.45, 2.75) is 6.92 Å². The molecule has 0 aliphatic heterocycles. The molecule has 4 heteroatoms. The zero-order valence-electron chi connectivity index (χ0n) is 10.4. The highest BCUT2D eigenvalue weighted by Gasteiger charge is 2.09. The summed E-state index contributed by atoms with van der Waals surface area (Å²) in [4.78, 5) is 10.7. The Morgan fingerprint density at radius 1 is 1.21 bits per heavy atom. The Labute approximate surface area is 110 Å². The lowest BCUT2D eigenvalue weighted by Crippen LogP contribution is -1.97. The third-order valence-corrected chi connectivity index (χ3v) is 2.69. The van der Waals surface area contributed by atoms with Gasteiger partial charge in [0.25, 0.3) is 0 Å². The molecule has 0 atom stereocenters. The van der Waals surface area contributed by atoms with Crippen molar-refractivity contribution in [3.63, 3.8) is 0 Å². The molecule has 0 radical (unpaired) electrons. The molecule has 0 amide bonds. The molecule has 2 aromatic rings. The van der Waals surface area contributed by atoms with Gasteiger partial charge in [0.2, 0.25) is 0 Å². The maximum absolute atomic E-state index is 13.9. The molecule has 0 aliphatic rings. The quantitative estimate of drug-likeness (QED) is 0.913. The molecule has 19 heavy (non-hydrogen) atoms. The van der Waals surface area contributed by atoms with Crippen LogP contribution in [-0.4, -0.2) is 17.7 Å². The van der Waals surface area contributed by atoms with E-state index in [1.165, 1.54) is 12.1 Å². The third kappa shape index (κ3) is 2.91. The lowest BCUT2D eigenvalue weighted by molar-refractivity contribution is 0.0696. The predicted molar refractivity (Wildman–Crippen MR) is 70.0 cm³/mol. The zero-order chi connectivity index (χ0) is 13.8. The summed E-state index contributed by atoms with van der Waals surface area (Å²) in [5.41, 5.74) is 0.984. The van der Waals surface area contributed by atoms with Crippen LogP contribution in [0.25, 0.3) is 11.1 Å². The number of benzene rings is 2. The van der Waals surface area contributed by atoms with Crippen molar-refractivity contribution >= 4 is 5.97 Å². The first-order valence-electron chi connectivity index (χ1n) is 5.88. The summed E-state index contributed by atoms with van der Waals surface area (Å²) in [7, 11) is 0. The maximum Gasteiger partial charge on any atom is 0.335 e. The van der Waals surface area contributed by atoms with E-state index in [2.05, 4.69) is 0 Å². The molecule has 0 spiro atoms. The van der Waals surface area contributed by atoms with Crippen LogP contribution < -0.4 is 4.74 Å². The van der Waals surface area contributed by atoms with Crippen molar-refractivity contribution in [1.82, 2.24) is 0 Å². The van der Waals surface area contributed by atoms with Crippen molar-refractivity contribution < 1.29 is 19.0 Å². The molecular formula is C15H13FO3. The Hall–Kier alpha value is -2.36. The molecule has 0 fully saturated rings. The lowest BCUT2D eigenvalue weighted by Gasteiger charge is -2.07. The number of hydrogen-bond acceptors (Lipinski definition) is 2. The molecule has 0 saturated heterocycles. The van der Waals surface area contributed by atoms with E-state index in [1.54, 1.807) is 24.3 Å². The lowest BCUT2D eigenvalue weighted by atomic mass is 10.0. The number of carboxylic acid groups (broad SMARTS) is 1. The summed E-state index contributed by atoms with van der Waals surface area (Å²) < 4.78 is 19.2. The molecule has 0 aromatic heterocycles.